The summed E-state index contributed by atoms with van der Waals surface area (Å²) in [6.45, 7) is 6.99. The monoisotopic (exact) mass is 322 g/mol. The van der Waals surface area contributed by atoms with Gasteiger partial charge in [0.15, 0.2) is 17.3 Å². The average molecular weight is 322 g/mol. The van der Waals surface area contributed by atoms with Gasteiger partial charge in [-0.15, -0.1) is 0 Å². The van der Waals surface area contributed by atoms with Gasteiger partial charge in [-0.3, -0.25) is 4.98 Å². The fraction of sp³-hybridized carbons (Fsp3) is 0.278. The molecule has 6 nitrogen and oxygen atoms in total. The number of aliphatic hydroxyl groups is 1. The third-order valence-corrected chi connectivity index (χ3v) is 3.16. The van der Waals surface area contributed by atoms with Gasteiger partial charge in [0.2, 0.25) is 0 Å². The molecule has 0 bridgehead atoms. The van der Waals surface area contributed by atoms with E-state index in [2.05, 4.69) is 26.9 Å². The van der Waals surface area contributed by atoms with Gasteiger partial charge in [-0.1, -0.05) is 5.92 Å². The molecule has 0 radical (unpaired) electrons. The zero-order valence-electron chi connectivity index (χ0n) is 14.0. The summed E-state index contributed by atoms with van der Waals surface area (Å²) in [6, 6.07) is 7.33. The fourth-order valence-electron chi connectivity index (χ4n) is 2.16. The molecule has 0 spiro atoms. The molecule has 122 valence electrons. The second-order valence-corrected chi connectivity index (χ2v) is 6.02. The molecule has 0 amide bonds. The van der Waals surface area contributed by atoms with Crippen molar-refractivity contribution in [1.29, 1.82) is 0 Å². The summed E-state index contributed by atoms with van der Waals surface area (Å²) in [5, 5.41) is 14.1. The molecule has 0 unspecified atom stereocenters. The van der Waals surface area contributed by atoms with Crippen molar-refractivity contribution < 1.29 is 9.52 Å². The van der Waals surface area contributed by atoms with E-state index < -0.39 is 5.60 Å². The van der Waals surface area contributed by atoms with Crippen molar-refractivity contribution in [2.75, 3.05) is 0 Å². The van der Waals surface area contributed by atoms with Gasteiger partial charge in [-0.05, 0) is 57.9 Å². The summed E-state index contributed by atoms with van der Waals surface area (Å²) in [4.78, 5) is 8.65. The SMILES string of the molecule is Cc1cc(-n2nc(C)nc2-c2ccc(C#CC(C)(C)O)o2)ccn1. The minimum absolute atomic E-state index is 0.463. The first-order valence-electron chi connectivity index (χ1n) is 7.54. The predicted octanol–water partition coefficient (Wildman–Crippen LogP) is 2.66. The van der Waals surface area contributed by atoms with E-state index in [1.165, 1.54) is 0 Å². The van der Waals surface area contributed by atoms with Crippen LogP contribution in [0.3, 0.4) is 0 Å². The normalized spacial score (nSPS) is 11.2. The summed E-state index contributed by atoms with van der Waals surface area (Å²) >= 11 is 0. The molecule has 0 saturated heterocycles. The number of aromatic nitrogens is 4. The number of hydrogen-bond donors (Lipinski definition) is 1. The Morgan fingerprint density at radius 1 is 1.21 bits per heavy atom. The maximum Gasteiger partial charge on any atom is 0.199 e. The van der Waals surface area contributed by atoms with Gasteiger partial charge < -0.3 is 9.52 Å². The van der Waals surface area contributed by atoms with Crippen LogP contribution in [0, 0.1) is 25.7 Å². The van der Waals surface area contributed by atoms with Crippen LogP contribution in [0.2, 0.25) is 0 Å². The molecule has 3 heterocycles. The average Bonchev–Trinajstić information content (AvgIpc) is 3.10. The first-order chi connectivity index (χ1) is 11.3. The van der Waals surface area contributed by atoms with E-state index in [1.807, 2.05) is 26.0 Å². The molecule has 3 aromatic heterocycles. The van der Waals surface area contributed by atoms with Crippen LogP contribution in [0.4, 0.5) is 0 Å². The molecule has 0 aliphatic rings. The van der Waals surface area contributed by atoms with Crippen LogP contribution < -0.4 is 0 Å². The number of rotatable bonds is 2. The Balaban J connectivity index is 2.02. The topological polar surface area (TPSA) is 77.0 Å². The molecule has 3 rings (SSSR count). The first kappa shape index (κ1) is 16.0. The largest absolute Gasteiger partial charge is 0.444 e. The Morgan fingerprint density at radius 3 is 2.71 bits per heavy atom. The molecule has 0 aliphatic carbocycles. The van der Waals surface area contributed by atoms with E-state index in [0.29, 0.717) is 23.2 Å². The quantitative estimate of drug-likeness (QED) is 0.734. The number of furan rings is 1. The zero-order chi connectivity index (χ0) is 17.3. The van der Waals surface area contributed by atoms with Crippen LogP contribution in [0.25, 0.3) is 17.3 Å². The Labute approximate surface area is 140 Å². The molecule has 0 fully saturated rings. The second-order valence-electron chi connectivity index (χ2n) is 6.02. The number of hydrogen-bond acceptors (Lipinski definition) is 5. The van der Waals surface area contributed by atoms with Gasteiger partial charge in [0, 0.05) is 11.9 Å². The van der Waals surface area contributed by atoms with Gasteiger partial charge in [0.25, 0.3) is 0 Å². The number of aryl methyl sites for hydroxylation is 2. The van der Waals surface area contributed by atoms with Gasteiger partial charge in [0.1, 0.15) is 11.4 Å². The fourth-order valence-corrected chi connectivity index (χ4v) is 2.16. The van der Waals surface area contributed by atoms with Crippen molar-refractivity contribution in [2.24, 2.45) is 0 Å². The smallest absolute Gasteiger partial charge is 0.199 e. The predicted molar refractivity (Wildman–Crippen MR) is 89.5 cm³/mol. The van der Waals surface area contributed by atoms with E-state index in [0.717, 1.165) is 11.4 Å². The van der Waals surface area contributed by atoms with Crippen molar-refractivity contribution in [3.05, 3.63) is 47.7 Å². The number of pyridine rings is 1. The van der Waals surface area contributed by atoms with Crippen LogP contribution in [-0.2, 0) is 0 Å². The van der Waals surface area contributed by atoms with Gasteiger partial charge in [0.05, 0.1) is 5.69 Å². The lowest BCUT2D eigenvalue weighted by molar-refractivity contribution is 0.143. The van der Waals surface area contributed by atoms with Gasteiger partial charge >= 0.3 is 0 Å². The third-order valence-electron chi connectivity index (χ3n) is 3.16. The van der Waals surface area contributed by atoms with E-state index in [1.54, 1.807) is 36.9 Å². The summed E-state index contributed by atoms with van der Waals surface area (Å²) in [6.07, 6.45) is 1.73. The van der Waals surface area contributed by atoms with Crippen LogP contribution in [0.5, 0.6) is 0 Å². The van der Waals surface area contributed by atoms with E-state index in [9.17, 15) is 5.11 Å². The highest BCUT2D eigenvalue weighted by Gasteiger charge is 2.15. The summed E-state index contributed by atoms with van der Waals surface area (Å²) < 4.78 is 7.47. The maximum atomic E-state index is 9.68. The highest BCUT2D eigenvalue weighted by Crippen LogP contribution is 2.23. The van der Waals surface area contributed by atoms with Crippen LogP contribution in [0.15, 0.2) is 34.9 Å². The molecule has 1 N–H and O–H groups in total. The molecule has 6 heteroatoms. The standard InChI is InChI=1S/C18H18N4O2/c1-12-11-14(8-10-19-12)22-17(20-13(2)21-22)16-6-5-15(24-16)7-9-18(3,4)23/h5-6,8,10-11,23H,1-4H3. The molecular formula is C18H18N4O2. The molecule has 0 aliphatic heterocycles. The van der Waals surface area contributed by atoms with Crippen LogP contribution in [-0.4, -0.2) is 30.5 Å². The molecule has 0 saturated carbocycles. The van der Waals surface area contributed by atoms with E-state index in [-0.39, 0.29) is 0 Å². The molecule has 24 heavy (non-hydrogen) atoms. The van der Waals surface area contributed by atoms with Crippen LogP contribution in [0.1, 0.15) is 31.1 Å². The Morgan fingerprint density at radius 2 is 2.00 bits per heavy atom. The minimum Gasteiger partial charge on any atom is -0.444 e. The van der Waals surface area contributed by atoms with Crippen molar-refractivity contribution >= 4 is 0 Å². The Bertz CT molecular complexity index is 936. The summed E-state index contributed by atoms with van der Waals surface area (Å²) in [5.41, 5.74) is 0.680. The Kier molecular flexibility index (Phi) is 3.96. The van der Waals surface area contributed by atoms with Crippen LogP contribution >= 0.6 is 0 Å². The van der Waals surface area contributed by atoms with E-state index in [4.69, 9.17) is 4.42 Å². The molecule has 3 aromatic rings. The number of nitrogens with zero attached hydrogens (tertiary/aromatic N) is 4. The van der Waals surface area contributed by atoms with Crippen molar-refractivity contribution in [3.63, 3.8) is 0 Å². The second kappa shape index (κ2) is 5.95. The summed E-state index contributed by atoms with van der Waals surface area (Å²) in [7, 11) is 0. The van der Waals surface area contributed by atoms with Gasteiger partial charge in [-0.25, -0.2) is 9.67 Å². The van der Waals surface area contributed by atoms with Crippen molar-refractivity contribution in [3.8, 4) is 29.1 Å². The van der Waals surface area contributed by atoms with E-state index >= 15 is 0 Å². The van der Waals surface area contributed by atoms with Gasteiger partial charge in [-0.2, -0.15) is 5.10 Å². The molecule has 0 aromatic carbocycles. The summed E-state index contributed by atoms with van der Waals surface area (Å²) in [5.74, 6) is 7.79. The first-order valence-corrected chi connectivity index (χ1v) is 7.54. The molecular weight excluding hydrogens is 304 g/mol. The van der Waals surface area contributed by atoms with Crippen molar-refractivity contribution in [1.82, 2.24) is 19.7 Å². The lowest BCUT2D eigenvalue weighted by atomic mass is 10.1. The third kappa shape index (κ3) is 3.53. The molecule has 0 atom stereocenters. The Hall–Kier alpha value is -2.91. The lowest BCUT2D eigenvalue weighted by Crippen LogP contribution is -2.14. The zero-order valence-corrected chi connectivity index (χ0v) is 14.0. The minimum atomic E-state index is -1.07. The maximum absolute atomic E-state index is 9.68. The highest BCUT2D eigenvalue weighted by atomic mass is 16.3. The highest BCUT2D eigenvalue weighted by molar-refractivity contribution is 5.53. The van der Waals surface area contributed by atoms with Crippen molar-refractivity contribution in [2.45, 2.75) is 33.3 Å². The lowest BCUT2D eigenvalue weighted by Gasteiger charge is -2.05.